The van der Waals surface area contributed by atoms with E-state index in [0.29, 0.717) is 0 Å². The van der Waals surface area contributed by atoms with Gasteiger partial charge in [0.2, 0.25) is 5.91 Å². The Morgan fingerprint density at radius 1 is 1.32 bits per heavy atom. The van der Waals surface area contributed by atoms with Gasteiger partial charge in [-0.25, -0.2) is 0 Å². The minimum atomic E-state index is -0.137. The van der Waals surface area contributed by atoms with Crippen molar-refractivity contribution in [2.45, 2.75) is 40.2 Å². The summed E-state index contributed by atoms with van der Waals surface area (Å²) < 4.78 is 0. The fraction of sp³-hybridized carbons (Fsp3) is 0.533. The van der Waals surface area contributed by atoms with Gasteiger partial charge in [0.05, 0.1) is 6.04 Å². The smallest absolute Gasteiger partial charge is 0.241 e. The number of hydrogen-bond donors (Lipinski definition) is 2. The summed E-state index contributed by atoms with van der Waals surface area (Å²) in [5, 5.41) is 2.92. The number of benzene rings is 1. The predicted molar refractivity (Wildman–Crippen MR) is 81.2 cm³/mol. The zero-order chi connectivity index (χ0) is 14.4. The molecule has 1 atom stereocenters. The number of hydrogen-bond acceptors (Lipinski definition) is 3. The van der Waals surface area contributed by atoms with E-state index in [0.717, 1.165) is 36.4 Å². The lowest BCUT2D eigenvalue weighted by Gasteiger charge is -2.25. The van der Waals surface area contributed by atoms with Crippen LogP contribution >= 0.6 is 0 Å². The van der Waals surface area contributed by atoms with Crippen molar-refractivity contribution in [1.29, 1.82) is 0 Å². The van der Waals surface area contributed by atoms with Crippen molar-refractivity contribution in [1.82, 2.24) is 4.90 Å². The van der Waals surface area contributed by atoms with E-state index in [1.807, 2.05) is 25.1 Å². The molecule has 0 saturated carbocycles. The van der Waals surface area contributed by atoms with Crippen LogP contribution in [0, 0.1) is 0 Å². The number of amides is 1. The molecule has 1 amide bonds. The van der Waals surface area contributed by atoms with Gasteiger partial charge in [-0.15, -0.1) is 0 Å². The maximum absolute atomic E-state index is 12.1. The molecule has 0 aliphatic rings. The van der Waals surface area contributed by atoms with Crippen LogP contribution in [0.2, 0.25) is 0 Å². The molecule has 19 heavy (non-hydrogen) atoms. The standard InChI is InChI=1S/C15H25N3O/c1-5-12-8-9-13(10-14(12)16)17-15(19)11(4)18(6-2)7-3/h8-11H,5-7,16H2,1-4H3,(H,17,19). The second kappa shape index (κ2) is 7.14. The van der Waals surface area contributed by atoms with Gasteiger partial charge in [0, 0.05) is 11.4 Å². The number of nitrogens with zero attached hydrogens (tertiary/aromatic N) is 1. The summed E-state index contributed by atoms with van der Waals surface area (Å²) in [5.74, 6) is 0.00680. The number of likely N-dealkylation sites (N-methyl/N-ethyl adjacent to an activating group) is 1. The second-order valence-electron chi connectivity index (χ2n) is 4.65. The van der Waals surface area contributed by atoms with Gasteiger partial charge in [-0.1, -0.05) is 26.8 Å². The van der Waals surface area contributed by atoms with Crippen molar-refractivity contribution in [2.24, 2.45) is 0 Å². The Balaban J connectivity index is 2.74. The highest BCUT2D eigenvalue weighted by Crippen LogP contribution is 2.18. The van der Waals surface area contributed by atoms with Crippen LogP contribution in [0.3, 0.4) is 0 Å². The summed E-state index contributed by atoms with van der Waals surface area (Å²) in [5.41, 5.74) is 8.54. The summed E-state index contributed by atoms with van der Waals surface area (Å²) >= 11 is 0. The lowest BCUT2D eigenvalue weighted by atomic mass is 10.1. The molecule has 1 rings (SSSR count). The first kappa shape index (κ1) is 15.5. The van der Waals surface area contributed by atoms with E-state index in [2.05, 4.69) is 31.0 Å². The zero-order valence-electron chi connectivity index (χ0n) is 12.4. The van der Waals surface area contributed by atoms with Gasteiger partial charge in [-0.2, -0.15) is 0 Å². The number of nitrogen functional groups attached to an aromatic ring is 1. The molecule has 4 heteroatoms. The topological polar surface area (TPSA) is 58.4 Å². The van der Waals surface area contributed by atoms with Crippen LogP contribution in [0.4, 0.5) is 11.4 Å². The average molecular weight is 263 g/mol. The molecule has 0 spiro atoms. The first-order chi connectivity index (χ1) is 9.03. The number of aryl methyl sites for hydroxylation is 1. The molecule has 1 unspecified atom stereocenters. The summed E-state index contributed by atoms with van der Waals surface area (Å²) in [6.45, 7) is 9.82. The van der Waals surface area contributed by atoms with E-state index in [9.17, 15) is 4.79 Å². The molecule has 1 aromatic carbocycles. The Morgan fingerprint density at radius 3 is 2.42 bits per heavy atom. The number of carbonyl (C=O) groups excluding carboxylic acids is 1. The molecular weight excluding hydrogens is 238 g/mol. The predicted octanol–water partition coefficient (Wildman–Crippen LogP) is 2.50. The number of rotatable bonds is 6. The third kappa shape index (κ3) is 3.96. The van der Waals surface area contributed by atoms with Crippen molar-refractivity contribution in [3.05, 3.63) is 23.8 Å². The molecule has 0 fully saturated rings. The van der Waals surface area contributed by atoms with Gasteiger partial charge >= 0.3 is 0 Å². The normalized spacial score (nSPS) is 12.5. The summed E-state index contributed by atoms with van der Waals surface area (Å²) in [4.78, 5) is 14.3. The highest BCUT2D eigenvalue weighted by Gasteiger charge is 2.18. The lowest BCUT2D eigenvalue weighted by Crippen LogP contribution is -2.41. The van der Waals surface area contributed by atoms with Gasteiger partial charge in [-0.3, -0.25) is 9.69 Å². The van der Waals surface area contributed by atoms with Gasteiger partial charge in [0.1, 0.15) is 0 Å². The number of nitrogens with two attached hydrogens (primary N) is 1. The van der Waals surface area contributed by atoms with Crippen LogP contribution in [-0.4, -0.2) is 29.9 Å². The third-order valence-electron chi connectivity index (χ3n) is 3.53. The van der Waals surface area contributed by atoms with Crippen molar-refractivity contribution < 1.29 is 4.79 Å². The number of nitrogens with one attached hydrogen (secondary N) is 1. The minimum absolute atomic E-state index is 0.00680. The van der Waals surface area contributed by atoms with Crippen molar-refractivity contribution in [2.75, 3.05) is 24.1 Å². The molecule has 3 N–H and O–H groups in total. The van der Waals surface area contributed by atoms with E-state index in [4.69, 9.17) is 5.73 Å². The second-order valence-corrected chi connectivity index (χ2v) is 4.65. The van der Waals surface area contributed by atoms with Crippen LogP contribution in [0.1, 0.15) is 33.3 Å². The Morgan fingerprint density at radius 2 is 1.95 bits per heavy atom. The molecule has 1 aromatic rings. The molecule has 0 saturated heterocycles. The average Bonchev–Trinajstić information content (AvgIpc) is 2.40. The van der Waals surface area contributed by atoms with Crippen LogP contribution in [-0.2, 0) is 11.2 Å². The van der Waals surface area contributed by atoms with Crippen LogP contribution in [0.25, 0.3) is 0 Å². The fourth-order valence-electron chi connectivity index (χ4n) is 2.18. The Labute approximate surface area is 116 Å². The quantitative estimate of drug-likeness (QED) is 0.775. The minimum Gasteiger partial charge on any atom is -0.398 e. The maximum Gasteiger partial charge on any atom is 0.241 e. The van der Waals surface area contributed by atoms with Crippen molar-refractivity contribution >= 4 is 17.3 Å². The van der Waals surface area contributed by atoms with E-state index in [1.54, 1.807) is 0 Å². The Hall–Kier alpha value is -1.55. The molecule has 0 aliphatic heterocycles. The van der Waals surface area contributed by atoms with Gasteiger partial charge in [-0.05, 0) is 44.1 Å². The van der Waals surface area contributed by atoms with E-state index >= 15 is 0 Å². The van der Waals surface area contributed by atoms with Crippen molar-refractivity contribution in [3.8, 4) is 0 Å². The molecule has 4 nitrogen and oxygen atoms in total. The Bertz CT molecular complexity index is 427. The molecule has 0 bridgehead atoms. The largest absolute Gasteiger partial charge is 0.398 e. The van der Waals surface area contributed by atoms with E-state index in [1.165, 1.54) is 0 Å². The highest BCUT2D eigenvalue weighted by molar-refractivity contribution is 5.95. The molecular formula is C15H25N3O. The third-order valence-corrected chi connectivity index (χ3v) is 3.53. The van der Waals surface area contributed by atoms with Gasteiger partial charge in [0.15, 0.2) is 0 Å². The van der Waals surface area contributed by atoms with Crippen LogP contribution in [0.5, 0.6) is 0 Å². The zero-order valence-corrected chi connectivity index (χ0v) is 12.4. The highest BCUT2D eigenvalue weighted by atomic mass is 16.2. The van der Waals surface area contributed by atoms with Gasteiger partial charge < -0.3 is 11.1 Å². The summed E-state index contributed by atoms with van der Waals surface area (Å²) in [6, 6.07) is 5.56. The first-order valence-electron chi connectivity index (χ1n) is 6.96. The summed E-state index contributed by atoms with van der Waals surface area (Å²) in [6.07, 6.45) is 0.899. The lowest BCUT2D eigenvalue weighted by molar-refractivity contribution is -0.120. The molecule has 0 radical (unpaired) electrons. The summed E-state index contributed by atoms with van der Waals surface area (Å²) in [7, 11) is 0. The SMILES string of the molecule is CCc1ccc(NC(=O)C(C)N(CC)CC)cc1N. The van der Waals surface area contributed by atoms with Gasteiger partial charge in [0.25, 0.3) is 0 Å². The molecule has 0 heterocycles. The number of anilines is 2. The van der Waals surface area contributed by atoms with E-state index < -0.39 is 0 Å². The molecule has 0 aliphatic carbocycles. The number of carbonyl (C=O) groups is 1. The van der Waals surface area contributed by atoms with Crippen molar-refractivity contribution in [3.63, 3.8) is 0 Å². The van der Waals surface area contributed by atoms with E-state index in [-0.39, 0.29) is 11.9 Å². The van der Waals surface area contributed by atoms with Crippen LogP contribution in [0.15, 0.2) is 18.2 Å². The first-order valence-corrected chi connectivity index (χ1v) is 6.96. The maximum atomic E-state index is 12.1. The monoisotopic (exact) mass is 263 g/mol. The fourth-order valence-corrected chi connectivity index (χ4v) is 2.18. The Kier molecular flexibility index (Phi) is 5.83. The molecule has 106 valence electrons. The van der Waals surface area contributed by atoms with Crippen LogP contribution < -0.4 is 11.1 Å². The molecule has 0 aromatic heterocycles.